The van der Waals surface area contributed by atoms with Crippen LogP contribution in [-0.4, -0.2) is 31.1 Å². The zero-order valence-corrected chi connectivity index (χ0v) is 12.4. The maximum absolute atomic E-state index is 5.38. The molecule has 1 heterocycles. The largest absolute Gasteiger partial charge is 0.468 e. The van der Waals surface area contributed by atoms with Crippen LogP contribution in [0, 0.1) is 5.92 Å². The van der Waals surface area contributed by atoms with E-state index >= 15 is 0 Å². The molecule has 1 rings (SSSR count). The lowest BCUT2D eigenvalue weighted by atomic mass is 10.0. The Morgan fingerprint density at radius 3 is 2.56 bits per heavy atom. The first kappa shape index (κ1) is 15.3. The van der Waals surface area contributed by atoms with E-state index in [1.807, 2.05) is 12.1 Å². The summed E-state index contributed by atoms with van der Waals surface area (Å²) in [6.45, 7) is 11.1. The molecule has 3 heteroatoms. The number of likely N-dealkylation sites (N-methyl/N-ethyl adjacent to an activating group) is 1. The van der Waals surface area contributed by atoms with E-state index in [-0.39, 0.29) is 6.04 Å². The topological polar surface area (TPSA) is 28.4 Å². The molecule has 0 saturated heterocycles. The van der Waals surface area contributed by atoms with Crippen molar-refractivity contribution in [2.24, 2.45) is 5.92 Å². The molecule has 0 amide bonds. The first-order chi connectivity index (χ1) is 8.50. The number of furan rings is 1. The van der Waals surface area contributed by atoms with Gasteiger partial charge in [0.15, 0.2) is 0 Å². The minimum absolute atomic E-state index is 0.286. The Kier molecular flexibility index (Phi) is 6.44. The predicted molar refractivity (Wildman–Crippen MR) is 76.7 cm³/mol. The van der Waals surface area contributed by atoms with Crippen molar-refractivity contribution < 1.29 is 4.42 Å². The van der Waals surface area contributed by atoms with Gasteiger partial charge in [0.1, 0.15) is 5.76 Å². The summed E-state index contributed by atoms with van der Waals surface area (Å²) in [4.78, 5) is 2.42. The summed E-state index contributed by atoms with van der Waals surface area (Å²) >= 11 is 0. The van der Waals surface area contributed by atoms with Crippen molar-refractivity contribution in [3.05, 3.63) is 24.2 Å². The van der Waals surface area contributed by atoms with E-state index in [1.54, 1.807) is 6.26 Å². The summed E-state index contributed by atoms with van der Waals surface area (Å²) in [6, 6.07) is 4.88. The second kappa shape index (κ2) is 7.59. The van der Waals surface area contributed by atoms with Crippen molar-refractivity contribution in [1.29, 1.82) is 0 Å². The molecule has 1 aromatic rings. The fourth-order valence-electron chi connectivity index (χ4n) is 2.18. The van der Waals surface area contributed by atoms with Crippen LogP contribution in [0.4, 0.5) is 0 Å². The molecule has 0 spiro atoms. The zero-order chi connectivity index (χ0) is 13.5. The van der Waals surface area contributed by atoms with Crippen LogP contribution in [0.2, 0.25) is 0 Å². The SMILES string of the molecule is CC(C)CC(C)N(C)CCNC(C)c1ccco1. The van der Waals surface area contributed by atoms with Crippen molar-refractivity contribution in [2.75, 3.05) is 20.1 Å². The Balaban J connectivity index is 2.21. The van der Waals surface area contributed by atoms with Crippen LogP contribution in [0.15, 0.2) is 22.8 Å². The average molecular weight is 252 g/mol. The van der Waals surface area contributed by atoms with Crippen molar-refractivity contribution in [2.45, 2.75) is 46.2 Å². The number of rotatable bonds is 8. The average Bonchev–Trinajstić information content (AvgIpc) is 2.81. The summed E-state index contributed by atoms with van der Waals surface area (Å²) in [5.74, 6) is 1.77. The van der Waals surface area contributed by atoms with Gasteiger partial charge in [-0.05, 0) is 45.4 Å². The molecule has 0 aliphatic rings. The predicted octanol–water partition coefficient (Wildman–Crippen LogP) is 3.30. The van der Waals surface area contributed by atoms with Crippen LogP contribution in [0.25, 0.3) is 0 Å². The third kappa shape index (κ3) is 5.23. The van der Waals surface area contributed by atoms with E-state index in [4.69, 9.17) is 4.42 Å². The molecular weight excluding hydrogens is 224 g/mol. The van der Waals surface area contributed by atoms with Gasteiger partial charge >= 0.3 is 0 Å². The van der Waals surface area contributed by atoms with Crippen LogP contribution >= 0.6 is 0 Å². The van der Waals surface area contributed by atoms with Gasteiger partial charge in [-0.2, -0.15) is 0 Å². The quantitative estimate of drug-likeness (QED) is 0.769. The van der Waals surface area contributed by atoms with E-state index in [2.05, 4.69) is 45.0 Å². The van der Waals surface area contributed by atoms with Crippen LogP contribution in [0.1, 0.15) is 45.9 Å². The number of nitrogens with one attached hydrogen (secondary N) is 1. The molecule has 0 aromatic carbocycles. The number of hydrogen-bond acceptors (Lipinski definition) is 3. The van der Waals surface area contributed by atoms with Crippen LogP contribution in [0.3, 0.4) is 0 Å². The highest BCUT2D eigenvalue weighted by Crippen LogP contribution is 2.12. The molecule has 0 fully saturated rings. The second-order valence-corrected chi connectivity index (χ2v) is 5.65. The highest BCUT2D eigenvalue weighted by atomic mass is 16.3. The van der Waals surface area contributed by atoms with Gasteiger partial charge in [-0.25, -0.2) is 0 Å². The van der Waals surface area contributed by atoms with Gasteiger partial charge < -0.3 is 14.6 Å². The normalized spacial score (nSPS) is 15.3. The summed E-state index contributed by atoms with van der Waals surface area (Å²) in [5, 5.41) is 3.49. The van der Waals surface area contributed by atoms with Crippen LogP contribution < -0.4 is 5.32 Å². The van der Waals surface area contributed by atoms with Crippen molar-refractivity contribution in [1.82, 2.24) is 10.2 Å². The van der Waals surface area contributed by atoms with E-state index < -0.39 is 0 Å². The molecule has 0 radical (unpaired) electrons. The molecule has 2 unspecified atom stereocenters. The van der Waals surface area contributed by atoms with E-state index in [9.17, 15) is 0 Å². The minimum Gasteiger partial charge on any atom is -0.468 e. The van der Waals surface area contributed by atoms with Gasteiger partial charge in [-0.1, -0.05) is 13.8 Å². The third-order valence-electron chi connectivity index (χ3n) is 3.45. The van der Waals surface area contributed by atoms with Gasteiger partial charge in [0.05, 0.1) is 12.3 Å². The summed E-state index contributed by atoms with van der Waals surface area (Å²) in [5.41, 5.74) is 0. The summed E-state index contributed by atoms with van der Waals surface area (Å²) < 4.78 is 5.38. The molecule has 3 nitrogen and oxygen atoms in total. The lowest BCUT2D eigenvalue weighted by molar-refractivity contribution is 0.225. The fourth-order valence-corrected chi connectivity index (χ4v) is 2.18. The van der Waals surface area contributed by atoms with Crippen molar-refractivity contribution in [3.8, 4) is 0 Å². The highest BCUT2D eigenvalue weighted by Gasteiger charge is 2.12. The van der Waals surface area contributed by atoms with Crippen molar-refractivity contribution in [3.63, 3.8) is 0 Å². The molecule has 1 aromatic heterocycles. The van der Waals surface area contributed by atoms with Gasteiger partial charge in [0.25, 0.3) is 0 Å². The molecule has 0 saturated carbocycles. The molecule has 2 atom stereocenters. The molecule has 1 N–H and O–H groups in total. The molecule has 104 valence electrons. The highest BCUT2D eigenvalue weighted by molar-refractivity contribution is 5.02. The lowest BCUT2D eigenvalue weighted by Crippen LogP contribution is -2.36. The monoisotopic (exact) mass is 252 g/mol. The standard InChI is InChI=1S/C15H28N2O/c1-12(2)11-13(3)17(5)9-8-16-14(4)15-7-6-10-18-15/h6-7,10,12-14,16H,8-9,11H2,1-5H3. The fraction of sp³-hybridized carbons (Fsp3) is 0.733. The Morgan fingerprint density at radius 2 is 2.00 bits per heavy atom. The van der Waals surface area contributed by atoms with E-state index in [0.29, 0.717) is 6.04 Å². The Morgan fingerprint density at radius 1 is 1.28 bits per heavy atom. The molecule has 0 aliphatic heterocycles. The van der Waals surface area contributed by atoms with Gasteiger partial charge in [-0.15, -0.1) is 0 Å². The molecular formula is C15H28N2O. The van der Waals surface area contributed by atoms with Gasteiger partial charge in [0, 0.05) is 19.1 Å². The maximum atomic E-state index is 5.38. The first-order valence-electron chi connectivity index (χ1n) is 6.97. The van der Waals surface area contributed by atoms with Crippen LogP contribution in [-0.2, 0) is 0 Å². The van der Waals surface area contributed by atoms with Gasteiger partial charge in [0.2, 0.25) is 0 Å². The molecule has 0 bridgehead atoms. The first-order valence-corrected chi connectivity index (χ1v) is 6.97. The summed E-state index contributed by atoms with van der Waals surface area (Å²) in [7, 11) is 2.20. The molecule has 0 aliphatic carbocycles. The number of nitrogens with zero attached hydrogens (tertiary/aromatic N) is 1. The molecule has 18 heavy (non-hydrogen) atoms. The third-order valence-corrected chi connectivity index (χ3v) is 3.45. The Labute approximate surface area is 112 Å². The van der Waals surface area contributed by atoms with E-state index in [1.165, 1.54) is 6.42 Å². The van der Waals surface area contributed by atoms with E-state index in [0.717, 1.165) is 24.8 Å². The Hall–Kier alpha value is -0.800. The number of hydrogen-bond donors (Lipinski definition) is 1. The lowest BCUT2D eigenvalue weighted by Gasteiger charge is -2.26. The smallest absolute Gasteiger partial charge is 0.120 e. The van der Waals surface area contributed by atoms with Gasteiger partial charge in [-0.3, -0.25) is 0 Å². The summed E-state index contributed by atoms with van der Waals surface area (Å²) in [6.07, 6.45) is 2.98. The zero-order valence-electron chi connectivity index (χ0n) is 12.4. The second-order valence-electron chi connectivity index (χ2n) is 5.65. The maximum Gasteiger partial charge on any atom is 0.120 e. The Bertz CT molecular complexity index is 308. The minimum atomic E-state index is 0.286. The van der Waals surface area contributed by atoms with Crippen LogP contribution in [0.5, 0.6) is 0 Å². The van der Waals surface area contributed by atoms with Crippen molar-refractivity contribution >= 4 is 0 Å².